The molecule has 0 radical (unpaired) electrons. The van der Waals surface area contributed by atoms with Gasteiger partial charge in [0.25, 0.3) is 0 Å². The molecule has 0 saturated carbocycles. The molecule has 0 atom stereocenters. The SMILES string of the molecule is Cc1cccc(C)c1-n1cc2nc1Cc1cccc(c1)-c1n(cc[n+]1C)N(c1ccccc1)c1ccccc1-2. The van der Waals surface area contributed by atoms with Gasteiger partial charge in [-0.05, 0) is 60.9 Å². The van der Waals surface area contributed by atoms with Crippen LogP contribution in [0.1, 0.15) is 22.5 Å². The summed E-state index contributed by atoms with van der Waals surface area (Å²) in [6.07, 6.45) is 7.20. The lowest BCUT2D eigenvalue weighted by molar-refractivity contribution is -0.659. The van der Waals surface area contributed by atoms with E-state index in [1.54, 1.807) is 0 Å². The number of rotatable bonds is 2. The molecule has 3 heterocycles. The van der Waals surface area contributed by atoms with Crippen LogP contribution >= 0.6 is 0 Å². The minimum absolute atomic E-state index is 0.733. The summed E-state index contributed by atoms with van der Waals surface area (Å²) in [6.45, 7) is 4.36. The number of hydrogen-bond donors (Lipinski definition) is 0. The maximum atomic E-state index is 5.31. The van der Waals surface area contributed by atoms with Crippen molar-refractivity contribution in [3.8, 4) is 28.3 Å². The number of benzene rings is 4. The Morgan fingerprint density at radius 3 is 2.36 bits per heavy atom. The summed E-state index contributed by atoms with van der Waals surface area (Å²) in [6, 6.07) is 34.5. The quantitative estimate of drug-likeness (QED) is 0.236. The second-order valence-electron chi connectivity index (χ2n) is 10.3. The first kappa shape index (κ1) is 23.2. The molecule has 5 nitrogen and oxygen atoms in total. The van der Waals surface area contributed by atoms with Gasteiger partial charge in [-0.25, -0.2) is 9.55 Å². The van der Waals surface area contributed by atoms with Crippen molar-refractivity contribution in [2.45, 2.75) is 20.3 Å². The Morgan fingerprint density at radius 2 is 1.54 bits per heavy atom. The fourth-order valence-corrected chi connectivity index (χ4v) is 5.84. The molecule has 0 N–H and O–H groups in total. The lowest BCUT2D eigenvalue weighted by Gasteiger charge is -2.24. The van der Waals surface area contributed by atoms with Gasteiger partial charge in [0, 0.05) is 18.2 Å². The Balaban J connectivity index is 1.58. The van der Waals surface area contributed by atoms with Gasteiger partial charge < -0.3 is 4.57 Å². The number of aromatic nitrogens is 4. The van der Waals surface area contributed by atoms with Crippen LogP contribution in [0.25, 0.3) is 28.3 Å². The van der Waals surface area contributed by atoms with Crippen molar-refractivity contribution in [3.05, 3.63) is 138 Å². The fourth-order valence-electron chi connectivity index (χ4n) is 5.84. The van der Waals surface area contributed by atoms with E-state index >= 15 is 0 Å². The van der Waals surface area contributed by atoms with Crippen molar-refractivity contribution >= 4 is 11.4 Å². The Hall–Kier alpha value is -4.90. The molecule has 0 unspecified atom stereocenters. The van der Waals surface area contributed by atoms with Gasteiger partial charge >= 0.3 is 5.82 Å². The van der Waals surface area contributed by atoms with Crippen LogP contribution in [0, 0.1) is 13.8 Å². The molecule has 190 valence electrons. The Morgan fingerprint density at radius 1 is 0.795 bits per heavy atom. The van der Waals surface area contributed by atoms with Crippen LogP contribution in [0.4, 0.5) is 11.4 Å². The first-order valence-electron chi connectivity index (χ1n) is 13.3. The van der Waals surface area contributed by atoms with Gasteiger partial charge in [0.1, 0.15) is 12.0 Å². The van der Waals surface area contributed by atoms with E-state index in [9.17, 15) is 0 Å². The number of nitrogens with zero attached hydrogens (tertiary/aromatic N) is 5. The lowest BCUT2D eigenvalue weighted by Crippen LogP contribution is -2.33. The summed E-state index contributed by atoms with van der Waals surface area (Å²) < 4.78 is 6.74. The molecule has 4 bridgehead atoms. The predicted molar refractivity (Wildman–Crippen MR) is 156 cm³/mol. The molecule has 1 aliphatic heterocycles. The summed E-state index contributed by atoms with van der Waals surface area (Å²) in [5.74, 6) is 2.13. The Bertz CT molecular complexity index is 1810. The number of para-hydroxylation sites is 3. The van der Waals surface area contributed by atoms with Crippen LogP contribution < -0.4 is 9.58 Å². The molecule has 0 amide bonds. The van der Waals surface area contributed by atoms with Crippen LogP contribution in [-0.4, -0.2) is 14.2 Å². The van der Waals surface area contributed by atoms with E-state index in [0.29, 0.717) is 0 Å². The van der Waals surface area contributed by atoms with Crippen molar-refractivity contribution in [2.75, 3.05) is 5.01 Å². The predicted octanol–water partition coefficient (Wildman–Crippen LogP) is 6.95. The monoisotopic (exact) mass is 508 g/mol. The van der Waals surface area contributed by atoms with E-state index in [1.165, 1.54) is 22.4 Å². The number of imidazole rings is 2. The van der Waals surface area contributed by atoms with E-state index in [4.69, 9.17) is 4.98 Å². The zero-order valence-electron chi connectivity index (χ0n) is 22.4. The molecule has 5 heteroatoms. The van der Waals surface area contributed by atoms with E-state index < -0.39 is 0 Å². The van der Waals surface area contributed by atoms with Gasteiger partial charge in [-0.15, -0.1) is 4.68 Å². The molecule has 0 saturated heterocycles. The van der Waals surface area contributed by atoms with Gasteiger partial charge in [0.2, 0.25) is 0 Å². The minimum Gasteiger partial charge on any atom is -0.302 e. The zero-order chi connectivity index (χ0) is 26.5. The van der Waals surface area contributed by atoms with Crippen LogP contribution in [0.15, 0.2) is 116 Å². The van der Waals surface area contributed by atoms with E-state index in [1.807, 2.05) is 0 Å². The van der Waals surface area contributed by atoms with E-state index in [2.05, 4.69) is 155 Å². The number of hydrogen-bond acceptors (Lipinski definition) is 2. The van der Waals surface area contributed by atoms with Crippen molar-refractivity contribution in [1.82, 2.24) is 14.2 Å². The molecule has 2 aromatic heterocycles. The summed E-state index contributed by atoms with van der Waals surface area (Å²) in [7, 11) is 2.11. The third-order valence-corrected chi connectivity index (χ3v) is 7.61. The molecule has 1 aliphatic rings. The molecular formula is C34H30N5+. The fraction of sp³-hybridized carbons (Fsp3) is 0.118. The zero-order valence-corrected chi connectivity index (χ0v) is 22.4. The highest BCUT2D eigenvalue weighted by atomic mass is 15.6. The Labute approximate surface area is 228 Å². The maximum absolute atomic E-state index is 5.31. The second-order valence-corrected chi connectivity index (χ2v) is 10.3. The normalized spacial score (nSPS) is 12.3. The molecule has 0 fully saturated rings. The number of anilines is 2. The van der Waals surface area contributed by atoms with Crippen LogP contribution in [0.2, 0.25) is 0 Å². The molecule has 39 heavy (non-hydrogen) atoms. The largest absolute Gasteiger partial charge is 0.312 e. The van der Waals surface area contributed by atoms with Gasteiger partial charge in [-0.1, -0.05) is 66.7 Å². The molecule has 6 aromatic rings. The first-order chi connectivity index (χ1) is 19.1. The molecular weight excluding hydrogens is 478 g/mol. The van der Waals surface area contributed by atoms with E-state index in [-0.39, 0.29) is 0 Å². The van der Waals surface area contributed by atoms with Crippen LogP contribution in [0.3, 0.4) is 0 Å². The van der Waals surface area contributed by atoms with Crippen LogP contribution in [-0.2, 0) is 13.5 Å². The molecule has 7 rings (SSSR count). The van der Waals surface area contributed by atoms with Crippen molar-refractivity contribution in [3.63, 3.8) is 0 Å². The minimum atomic E-state index is 0.733. The molecule has 0 aliphatic carbocycles. The smallest absolute Gasteiger partial charge is 0.302 e. The highest BCUT2D eigenvalue weighted by Crippen LogP contribution is 2.38. The molecule has 4 aromatic carbocycles. The number of fused-ring (bicyclic) bond motifs is 8. The lowest BCUT2D eigenvalue weighted by atomic mass is 10.1. The third kappa shape index (κ3) is 3.86. The summed E-state index contributed by atoms with van der Waals surface area (Å²) in [5.41, 5.74) is 10.2. The summed E-state index contributed by atoms with van der Waals surface area (Å²) >= 11 is 0. The van der Waals surface area contributed by atoms with Crippen molar-refractivity contribution in [1.29, 1.82) is 0 Å². The van der Waals surface area contributed by atoms with E-state index in [0.717, 1.165) is 46.3 Å². The average molecular weight is 509 g/mol. The second kappa shape index (κ2) is 9.14. The van der Waals surface area contributed by atoms with Crippen molar-refractivity contribution in [2.24, 2.45) is 7.05 Å². The standard InChI is InChI=1S/C34H30N5/c1-24-11-9-12-25(2)33(24)37-23-30-29-17-7-8-18-31(29)39(28-15-5-4-6-16-28)38-20-19-36(3)34(38)27-14-10-13-26(21-27)22-32(37)35-30/h4-21,23H,22H2,1-3H3/q+1. The van der Waals surface area contributed by atoms with Crippen molar-refractivity contribution < 1.29 is 4.57 Å². The van der Waals surface area contributed by atoms with Crippen LogP contribution in [0.5, 0.6) is 0 Å². The van der Waals surface area contributed by atoms with Gasteiger partial charge in [0.05, 0.1) is 35.4 Å². The Kier molecular flexibility index (Phi) is 5.44. The van der Waals surface area contributed by atoms with Gasteiger partial charge in [-0.3, -0.25) is 0 Å². The summed E-state index contributed by atoms with van der Waals surface area (Å²) in [5, 5.41) is 2.29. The highest BCUT2D eigenvalue weighted by Gasteiger charge is 2.29. The summed E-state index contributed by atoms with van der Waals surface area (Å²) in [4.78, 5) is 5.31. The van der Waals surface area contributed by atoms with Gasteiger partial charge in [0.15, 0.2) is 6.20 Å². The molecule has 0 spiro atoms. The maximum Gasteiger partial charge on any atom is 0.312 e. The third-order valence-electron chi connectivity index (χ3n) is 7.61. The first-order valence-corrected chi connectivity index (χ1v) is 13.3. The average Bonchev–Trinajstić information content (AvgIpc) is 3.53. The topological polar surface area (TPSA) is 29.9 Å². The van der Waals surface area contributed by atoms with Gasteiger partial charge in [-0.2, -0.15) is 5.01 Å². The number of aryl methyl sites for hydroxylation is 3. The highest BCUT2D eigenvalue weighted by molar-refractivity contribution is 5.81.